The van der Waals surface area contributed by atoms with Crippen LogP contribution in [-0.4, -0.2) is 28.4 Å². The molecule has 0 saturated heterocycles. The Balaban J connectivity index is 2.24. The van der Waals surface area contributed by atoms with Crippen LogP contribution < -0.4 is 0 Å². The van der Waals surface area contributed by atoms with Gasteiger partial charge in [0.1, 0.15) is 17.5 Å². The number of hydrogen-bond acceptors (Lipinski definition) is 3. The molecule has 1 aromatic carbocycles. The minimum absolute atomic E-state index is 0.0276. The maximum atomic E-state index is 14.1. The molecule has 0 unspecified atom stereocenters. The summed E-state index contributed by atoms with van der Waals surface area (Å²) in [5.41, 5.74) is -0.0224. The van der Waals surface area contributed by atoms with E-state index in [1.54, 1.807) is 39.8 Å². The lowest BCUT2D eigenvalue weighted by Gasteiger charge is -2.27. The number of carbonyl (C=O) groups excluding carboxylic acids is 2. The number of amides is 1. The van der Waals surface area contributed by atoms with Crippen LogP contribution in [0, 0.1) is 5.82 Å². The van der Waals surface area contributed by atoms with Crippen molar-refractivity contribution in [3.8, 4) is 0 Å². The Labute approximate surface area is 131 Å². The van der Waals surface area contributed by atoms with E-state index in [0.29, 0.717) is 5.56 Å². The van der Waals surface area contributed by atoms with Gasteiger partial charge in [0.15, 0.2) is 0 Å². The second kappa shape index (κ2) is 5.40. The molecule has 0 aromatic heterocycles. The molecule has 1 atom stereocenters. The molecule has 1 aliphatic rings. The zero-order valence-electron chi connectivity index (χ0n) is 12.4. The zero-order valence-corrected chi connectivity index (χ0v) is 14.0. The highest BCUT2D eigenvalue weighted by molar-refractivity contribution is 9.10. The largest absolute Gasteiger partial charge is 0.458 e. The molecule has 0 spiro atoms. The predicted octanol–water partition coefficient (Wildman–Crippen LogP) is 3.27. The van der Waals surface area contributed by atoms with E-state index in [0.717, 1.165) is 0 Å². The molecule has 0 N–H and O–H groups in total. The van der Waals surface area contributed by atoms with Gasteiger partial charge in [0.05, 0.1) is 10.0 Å². The Bertz CT molecular complexity index is 610. The van der Waals surface area contributed by atoms with Gasteiger partial charge in [-0.05, 0) is 55.3 Å². The molecule has 0 bridgehead atoms. The number of hydrogen-bond donors (Lipinski definition) is 0. The smallest absolute Gasteiger partial charge is 0.329 e. The number of ether oxygens (including phenoxy) is 1. The van der Waals surface area contributed by atoms with Crippen LogP contribution in [0.4, 0.5) is 4.39 Å². The molecule has 6 heteroatoms. The van der Waals surface area contributed by atoms with Gasteiger partial charge in [-0.3, -0.25) is 4.79 Å². The molecule has 4 nitrogen and oxygen atoms in total. The van der Waals surface area contributed by atoms with E-state index < -0.39 is 29.3 Å². The number of benzene rings is 1. The number of fused-ring (bicyclic) bond motifs is 1. The third-order valence-electron chi connectivity index (χ3n) is 3.21. The summed E-state index contributed by atoms with van der Waals surface area (Å²) in [6.07, 6.45) is 0. The topological polar surface area (TPSA) is 46.6 Å². The van der Waals surface area contributed by atoms with Gasteiger partial charge >= 0.3 is 5.97 Å². The minimum Gasteiger partial charge on any atom is -0.458 e. The van der Waals surface area contributed by atoms with E-state index in [9.17, 15) is 14.0 Å². The van der Waals surface area contributed by atoms with E-state index in [2.05, 4.69) is 15.9 Å². The fourth-order valence-corrected chi connectivity index (χ4v) is 2.51. The average Bonchev–Trinajstić information content (AvgIpc) is 2.69. The van der Waals surface area contributed by atoms with Crippen molar-refractivity contribution < 1.29 is 18.7 Å². The van der Waals surface area contributed by atoms with Crippen molar-refractivity contribution in [2.24, 2.45) is 0 Å². The molecule has 0 fully saturated rings. The molecule has 1 heterocycles. The molecule has 21 heavy (non-hydrogen) atoms. The first-order valence-electron chi connectivity index (χ1n) is 6.62. The Morgan fingerprint density at radius 2 is 2.05 bits per heavy atom. The van der Waals surface area contributed by atoms with Gasteiger partial charge in [-0.15, -0.1) is 0 Å². The molecule has 1 amide bonds. The third kappa shape index (κ3) is 3.10. The second-order valence-electron chi connectivity index (χ2n) is 6.04. The summed E-state index contributed by atoms with van der Waals surface area (Å²) in [6, 6.07) is 2.48. The Hall–Kier alpha value is -1.43. The molecule has 2 rings (SSSR count). The zero-order chi connectivity index (χ0) is 15.9. The van der Waals surface area contributed by atoms with Crippen LogP contribution in [0.25, 0.3) is 0 Å². The summed E-state index contributed by atoms with van der Waals surface area (Å²) in [5, 5.41) is 0. The van der Waals surface area contributed by atoms with Crippen molar-refractivity contribution >= 4 is 27.8 Å². The van der Waals surface area contributed by atoms with Crippen LogP contribution >= 0.6 is 15.9 Å². The summed E-state index contributed by atoms with van der Waals surface area (Å²) < 4.78 is 19.6. The number of carbonyl (C=O) groups is 2. The lowest BCUT2D eigenvalue weighted by Crippen LogP contribution is -2.42. The lowest BCUT2D eigenvalue weighted by atomic mass is 10.1. The molecule has 0 radical (unpaired) electrons. The summed E-state index contributed by atoms with van der Waals surface area (Å²) in [5.74, 6) is -1.57. The standard InChI is InChI=1S/C15H17BrFNO3/c1-8(14(20)21-15(2,3)4)18-7-9-5-6-10(16)12(17)11(9)13(18)19/h5-6,8H,7H2,1-4H3/t8-/m1/s1. The third-order valence-corrected chi connectivity index (χ3v) is 3.82. The van der Waals surface area contributed by atoms with E-state index in [1.165, 1.54) is 4.90 Å². The van der Waals surface area contributed by atoms with Gasteiger partial charge in [0, 0.05) is 6.54 Å². The number of rotatable bonds is 2. The van der Waals surface area contributed by atoms with Crippen molar-refractivity contribution in [3.05, 3.63) is 33.5 Å². The molecule has 1 aliphatic heterocycles. The first kappa shape index (κ1) is 15.9. The van der Waals surface area contributed by atoms with Crippen LogP contribution in [0.5, 0.6) is 0 Å². The fraction of sp³-hybridized carbons (Fsp3) is 0.467. The van der Waals surface area contributed by atoms with E-state index >= 15 is 0 Å². The Morgan fingerprint density at radius 3 is 2.62 bits per heavy atom. The molecular formula is C15H17BrFNO3. The highest BCUT2D eigenvalue weighted by Crippen LogP contribution is 2.31. The van der Waals surface area contributed by atoms with Crippen molar-refractivity contribution in [2.45, 2.75) is 45.9 Å². The van der Waals surface area contributed by atoms with Gasteiger partial charge in [-0.25, -0.2) is 9.18 Å². The number of esters is 1. The maximum absolute atomic E-state index is 14.1. The van der Waals surface area contributed by atoms with Gasteiger partial charge in [0.2, 0.25) is 0 Å². The van der Waals surface area contributed by atoms with Crippen molar-refractivity contribution in [2.75, 3.05) is 0 Å². The quantitative estimate of drug-likeness (QED) is 0.763. The normalized spacial score (nSPS) is 15.9. The van der Waals surface area contributed by atoms with Crippen LogP contribution in [0.1, 0.15) is 43.6 Å². The molecular weight excluding hydrogens is 341 g/mol. The highest BCUT2D eigenvalue weighted by atomic mass is 79.9. The highest BCUT2D eigenvalue weighted by Gasteiger charge is 2.38. The molecule has 1 aromatic rings. The summed E-state index contributed by atoms with van der Waals surface area (Å²) >= 11 is 3.06. The van der Waals surface area contributed by atoms with Gasteiger partial charge < -0.3 is 9.64 Å². The minimum atomic E-state index is -0.762. The number of nitrogens with zero attached hydrogens (tertiary/aromatic N) is 1. The van der Waals surface area contributed by atoms with Crippen molar-refractivity contribution in [1.29, 1.82) is 0 Å². The van der Waals surface area contributed by atoms with Crippen molar-refractivity contribution in [3.63, 3.8) is 0 Å². The first-order chi connectivity index (χ1) is 9.61. The van der Waals surface area contributed by atoms with Gasteiger partial charge in [-0.1, -0.05) is 6.07 Å². The second-order valence-corrected chi connectivity index (χ2v) is 6.89. The van der Waals surface area contributed by atoms with Gasteiger partial charge in [0.25, 0.3) is 5.91 Å². The van der Waals surface area contributed by atoms with E-state index in [-0.39, 0.29) is 16.6 Å². The van der Waals surface area contributed by atoms with Crippen LogP contribution in [0.15, 0.2) is 16.6 Å². The molecule has 114 valence electrons. The Morgan fingerprint density at radius 1 is 1.43 bits per heavy atom. The predicted molar refractivity (Wildman–Crippen MR) is 79.3 cm³/mol. The fourth-order valence-electron chi connectivity index (χ4n) is 2.18. The summed E-state index contributed by atoms with van der Waals surface area (Å²) in [6.45, 7) is 7.07. The van der Waals surface area contributed by atoms with E-state index in [4.69, 9.17) is 4.74 Å². The van der Waals surface area contributed by atoms with Crippen molar-refractivity contribution in [1.82, 2.24) is 4.90 Å². The summed E-state index contributed by atoms with van der Waals surface area (Å²) in [4.78, 5) is 25.7. The molecule has 0 saturated carbocycles. The van der Waals surface area contributed by atoms with Crippen LogP contribution in [0.3, 0.4) is 0 Å². The SMILES string of the molecule is C[C@H](C(=O)OC(C)(C)C)N1Cc2ccc(Br)c(F)c2C1=O. The monoisotopic (exact) mass is 357 g/mol. The lowest BCUT2D eigenvalue weighted by molar-refractivity contribution is -0.159. The van der Waals surface area contributed by atoms with Crippen LogP contribution in [-0.2, 0) is 16.1 Å². The summed E-state index contributed by atoms with van der Waals surface area (Å²) in [7, 11) is 0. The average molecular weight is 358 g/mol. The maximum Gasteiger partial charge on any atom is 0.329 e. The number of halogens is 2. The Kier molecular flexibility index (Phi) is 4.10. The molecule has 0 aliphatic carbocycles. The van der Waals surface area contributed by atoms with Crippen LogP contribution in [0.2, 0.25) is 0 Å². The first-order valence-corrected chi connectivity index (χ1v) is 7.42. The van der Waals surface area contributed by atoms with Gasteiger partial charge in [-0.2, -0.15) is 0 Å². The van der Waals surface area contributed by atoms with E-state index in [1.807, 2.05) is 0 Å².